The van der Waals surface area contributed by atoms with Crippen LogP contribution in [-0.4, -0.2) is 11.7 Å². The van der Waals surface area contributed by atoms with Gasteiger partial charge in [-0.25, -0.2) is 0 Å². The average molecular weight is 225 g/mol. The van der Waals surface area contributed by atoms with Crippen LogP contribution in [0.4, 0.5) is 5.69 Å². The summed E-state index contributed by atoms with van der Waals surface area (Å²) in [6.07, 6.45) is 3.45. The number of rotatable bonds is 2. The van der Waals surface area contributed by atoms with Gasteiger partial charge in [-0.2, -0.15) is 0 Å². The molecule has 12 heavy (non-hydrogen) atoms. The molecule has 0 radical (unpaired) electrons. The van der Waals surface area contributed by atoms with Crippen molar-refractivity contribution in [3.8, 4) is 0 Å². The monoisotopic (exact) mass is 224 g/mol. The zero-order valence-electron chi connectivity index (χ0n) is 6.84. The summed E-state index contributed by atoms with van der Waals surface area (Å²) in [6.45, 7) is 9.09. The highest BCUT2D eigenvalue weighted by molar-refractivity contribution is 9.10. The highest BCUT2D eigenvalue weighted by Gasteiger charge is 2.05. The van der Waals surface area contributed by atoms with Gasteiger partial charge in [0.25, 0.3) is 0 Å². The van der Waals surface area contributed by atoms with Crippen molar-refractivity contribution >= 4 is 34.4 Å². The van der Waals surface area contributed by atoms with E-state index < -0.39 is 0 Å². The van der Waals surface area contributed by atoms with Gasteiger partial charge in [-0.05, 0) is 29.6 Å². The summed E-state index contributed by atoms with van der Waals surface area (Å²) in [6, 6.07) is 0. The maximum absolute atomic E-state index is 4.15. The quantitative estimate of drug-likeness (QED) is 0.709. The Balaban J connectivity index is 3.48. The van der Waals surface area contributed by atoms with Crippen LogP contribution < -0.4 is 0 Å². The maximum atomic E-state index is 4.15. The standard InChI is InChI=1S/C9H9BrN2/c1-4-7-6(2)12-5-8(10)9(7)11-3/h4-5H,1,3H2,2H3. The Bertz CT molecular complexity index is 299. The van der Waals surface area contributed by atoms with E-state index in [4.69, 9.17) is 0 Å². The zero-order valence-corrected chi connectivity index (χ0v) is 8.43. The van der Waals surface area contributed by atoms with Crippen LogP contribution in [0.5, 0.6) is 0 Å². The topological polar surface area (TPSA) is 25.2 Å². The molecule has 2 nitrogen and oxygen atoms in total. The van der Waals surface area contributed by atoms with Crippen LogP contribution in [0.25, 0.3) is 6.08 Å². The van der Waals surface area contributed by atoms with E-state index in [1.807, 2.05) is 6.92 Å². The van der Waals surface area contributed by atoms with Gasteiger partial charge >= 0.3 is 0 Å². The Morgan fingerprint density at radius 3 is 2.75 bits per heavy atom. The van der Waals surface area contributed by atoms with Gasteiger partial charge < -0.3 is 0 Å². The molecule has 0 amide bonds. The minimum atomic E-state index is 0.803. The predicted octanol–water partition coefficient (Wildman–Crippen LogP) is 3.13. The van der Waals surface area contributed by atoms with Gasteiger partial charge in [0.1, 0.15) is 0 Å². The number of halogens is 1. The Labute approximate surface area is 80.2 Å². The summed E-state index contributed by atoms with van der Waals surface area (Å²) in [5, 5.41) is 0. The molecule has 0 aromatic carbocycles. The van der Waals surface area contributed by atoms with Crippen molar-refractivity contribution in [2.75, 3.05) is 0 Å². The van der Waals surface area contributed by atoms with Gasteiger partial charge in [-0.15, -0.1) is 0 Å². The summed E-state index contributed by atoms with van der Waals surface area (Å²) in [4.78, 5) is 8.05. The predicted molar refractivity (Wildman–Crippen MR) is 56.0 cm³/mol. The fourth-order valence-corrected chi connectivity index (χ4v) is 1.43. The minimum absolute atomic E-state index is 0.803. The third kappa shape index (κ3) is 1.46. The number of hydrogen-bond acceptors (Lipinski definition) is 2. The van der Waals surface area contributed by atoms with E-state index >= 15 is 0 Å². The average Bonchev–Trinajstić information content (AvgIpc) is 2.08. The van der Waals surface area contributed by atoms with E-state index in [1.54, 1.807) is 12.3 Å². The van der Waals surface area contributed by atoms with E-state index in [-0.39, 0.29) is 0 Å². The first-order valence-electron chi connectivity index (χ1n) is 3.45. The van der Waals surface area contributed by atoms with E-state index in [1.165, 1.54) is 0 Å². The highest BCUT2D eigenvalue weighted by Crippen LogP contribution is 2.30. The molecule has 0 bridgehead atoms. The fourth-order valence-electron chi connectivity index (χ4n) is 0.989. The molecule has 0 spiro atoms. The molecule has 0 atom stereocenters. The van der Waals surface area contributed by atoms with Crippen LogP contribution in [0.1, 0.15) is 11.3 Å². The number of aryl methyl sites for hydroxylation is 1. The molecule has 0 saturated carbocycles. The molecule has 3 heteroatoms. The number of hydrogen-bond donors (Lipinski definition) is 0. The fraction of sp³-hybridized carbons (Fsp3) is 0.111. The molecule has 1 aromatic heterocycles. The molecule has 1 heterocycles. The van der Waals surface area contributed by atoms with Crippen LogP contribution >= 0.6 is 15.9 Å². The first-order valence-corrected chi connectivity index (χ1v) is 4.24. The lowest BCUT2D eigenvalue weighted by Gasteiger charge is -2.04. The first-order chi connectivity index (χ1) is 5.70. The molecule has 1 aromatic rings. The maximum Gasteiger partial charge on any atom is 0.0870 e. The van der Waals surface area contributed by atoms with Gasteiger partial charge in [0.2, 0.25) is 0 Å². The second-order valence-corrected chi connectivity index (χ2v) is 3.17. The van der Waals surface area contributed by atoms with Crippen molar-refractivity contribution in [1.29, 1.82) is 0 Å². The second kappa shape index (κ2) is 3.63. The molecule has 1 rings (SSSR count). The third-order valence-corrected chi connectivity index (χ3v) is 2.19. The molecule has 0 aliphatic rings. The van der Waals surface area contributed by atoms with Crippen molar-refractivity contribution in [2.24, 2.45) is 4.99 Å². The van der Waals surface area contributed by atoms with E-state index in [0.717, 1.165) is 21.4 Å². The summed E-state index contributed by atoms with van der Waals surface area (Å²) in [5.74, 6) is 0. The number of nitrogens with zero attached hydrogens (tertiary/aromatic N) is 2. The molecular formula is C9H9BrN2. The van der Waals surface area contributed by atoms with Gasteiger partial charge in [0.15, 0.2) is 0 Å². The van der Waals surface area contributed by atoms with Crippen molar-refractivity contribution in [1.82, 2.24) is 4.98 Å². The second-order valence-electron chi connectivity index (χ2n) is 2.32. The van der Waals surface area contributed by atoms with Crippen molar-refractivity contribution < 1.29 is 0 Å². The third-order valence-electron chi connectivity index (χ3n) is 1.60. The number of aliphatic imine (C=N–C) groups is 1. The van der Waals surface area contributed by atoms with Gasteiger partial charge in [-0.3, -0.25) is 9.98 Å². The summed E-state index contributed by atoms with van der Waals surface area (Å²) < 4.78 is 0.845. The van der Waals surface area contributed by atoms with E-state index in [9.17, 15) is 0 Å². The van der Waals surface area contributed by atoms with E-state index in [2.05, 4.69) is 39.2 Å². The van der Waals surface area contributed by atoms with Gasteiger partial charge in [-0.1, -0.05) is 12.7 Å². The molecule has 0 N–H and O–H groups in total. The molecule has 0 saturated heterocycles. The van der Waals surface area contributed by atoms with E-state index in [0.29, 0.717) is 0 Å². The molecular weight excluding hydrogens is 216 g/mol. The van der Waals surface area contributed by atoms with Crippen LogP contribution in [0.2, 0.25) is 0 Å². The zero-order chi connectivity index (χ0) is 9.14. The molecule has 0 aliphatic heterocycles. The normalized spacial score (nSPS) is 9.50. The smallest absolute Gasteiger partial charge is 0.0870 e. The Kier molecular flexibility index (Phi) is 2.76. The van der Waals surface area contributed by atoms with Crippen LogP contribution in [-0.2, 0) is 0 Å². The largest absolute Gasteiger partial charge is 0.263 e. The van der Waals surface area contributed by atoms with Crippen LogP contribution in [0.15, 0.2) is 22.2 Å². The summed E-state index contributed by atoms with van der Waals surface area (Å²) >= 11 is 3.34. The van der Waals surface area contributed by atoms with Crippen molar-refractivity contribution in [2.45, 2.75) is 6.92 Å². The number of aromatic nitrogens is 1. The Hall–Kier alpha value is -0.960. The van der Waals surface area contributed by atoms with Crippen molar-refractivity contribution in [3.05, 3.63) is 28.5 Å². The lowest BCUT2D eigenvalue weighted by atomic mass is 10.2. The highest BCUT2D eigenvalue weighted by atomic mass is 79.9. The lowest BCUT2D eigenvalue weighted by Crippen LogP contribution is -1.87. The van der Waals surface area contributed by atoms with Crippen molar-refractivity contribution in [3.63, 3.8) is 0 Å². The lowest BCUT2D eigenvalue weighted by molar-refractivity contribution is 1.17. The van der Waals surface area contributed by atoms with Crippen LogP contribution in [0.3, 0.4) is 0 Å². The molecule has 62 valence electrons. The first kappa shape index (κ1) is 9.13. The summed E-state index contributed by atoms with van der Waals surface area (Å²) in [7, 11) is 0. The molecule has 0 aliphatic carbocycles. The Morgan fingerprint density at radius 2 is 2.33 bits per heavy atom. The SMILES string of the molecule is C=Cc1c(C)ncc(Br)c1N=C. The summed E-state index contributed by atoms with van der Waals surface area (Å²) in [5.41, 5.74) is 2.65. The van der Waals surface area contributed by atoms with Crippen LogP contribution in [0, 0.1) is 6.92 Å². The van der Waals surface area contributed by atoms with Gasteiger partial charge in [0.05, 0.1) is 10.2 Å². The van der Waals surface area contributed by atoms with Gasteiger partial charge in [0, 0.05) is 17.5 Å². The molecule has 0 fully saturated rings. The number of pyridine rings is 1. The molecule has 0 unspecified atom stereocenters. The minimum Gasteiger partial charge on any atom is -0.263 e. The Morgan fingerprint density at radius 1 is 1.67 bits per heavy atom.